The fraction of sp³-hybridized carbons (Fsp3) is 0.471. The van der Waals surface area contributed by atoms with Crippen molar-refractivity contribution in [1.29, 1.82) is 0 Å². The molecule has 26 heavy (non-hydrogen) atoms. The van der Waals surface area contributed by atoms with Crippen LogP contribution in [0.4, 0.5) is 13.2 Å². The van der Waals surface area contributed by atoms with E-state index >= 15 is 0 Å². The zero-order valence-corrected chi connectivity index (χ0v) is 14.2. The number of nitrogens with zero attached hydrogens (tertiary/aromatic N) is 3. The Hall–Kier alpha value is -2.42. The van der Waals surface area contributed by atoms with Crippen LogP contribution in [0.5, 0.6) is 0 Å². The van der Waals surface area contributed by atoms with E-state index in [9.17, 15) is 18.0 Å². The van der Waals surface area contributed by atoms with Crippen molar-refractivity contribution in [1.82, 2.24) is 15.0 Å². The summed E-state index contributed by atoms with van der Waals surface area (Å²) in [6.07, 6.45) is -1.86. The van der Waals surface area contributed by atoms with Crippen molar-refractivity contribution in [3.05, 3.63) is 35.7 Å². The molecule has 140 valence electrons. The van der Waals surface area contributed by atoms with Crippen molar-refractivity contribution in [3.63, 3.8) is 0 Å². The number of carbonyl (C=O) groups excluding carboxylic acids is 1. The molecule has 0 unspecified atom stereocenters. The maximum Gasteiger partial charge on any atom is 0.471 e. The van der Waals surface area contributed by atoms with Gasteiger partial charge in [-0.15, -0.1) is 0 Å². The van der Waals surface area contributed by atoms with Crippen molar-refractivity contribution in [2.24, 2.45) is 5.73 Å². The van der Waals surface area contributed by atoms with Crippen LogP contribution in [-0.4, -0.2) is 39.6 Å². The van der Waals surface area contributed by atoms with Crippen LogP contribution in [0.2, 0.25) is 0 Å². The first-order valence-electron chi connectivity index (χ1n) is 8.35. The van der Waals surface area contributed by atoms with Crippen molar-refractivity contribution in [2.45, 2.75) is 44.4 Å². The van der Waals surface area contributed by atoms with E-state index in [4.69, 9.17) is 5.73 Å². The first-order valence-corrected chi connectivity index (χ1v) is 8.35. The summed E-state index contributed by atoms with van der Waals surface area (Å²) in [7, 11) is 0. The molecule has 3 rings (SSSR count). The number of halogens is 3. The van der Waals surface area contributed by atoms with Gasteiger partial charge < -0.3 is 15.2 Å². The molecule has 2 atom stereocenters. The molecule has 9 heteroatoms. The van der Waals surface area contributed by atoms with Crippen LogP contribution in [0.25, 0.3) is 11.4 Å². The van der Waals surface area contributed by atoms with E-state index in [0.29, 0.717) is 17.7 Å². The van der Waals surface area contributed by atoms with Crippen LogP contribution in [0.15, 0.2) is 28.8 Å². The SMILES string of the molecule is C[C@@H](N)[C@@H]1CCCCN1C(=O)c1ccc(-c2noc(C(F)(F)F)n2)cc1. The Morgan fingerprint density at radius 3 is 2.58 bits per heavy atom. The lowest BCUT2D eigenvalue weighted by molar-refractivity contribution is -0.159. The van der Waals surface area contributed by atoms with Crippen LogP contribution in [0, 0.1) is 0 Å². The van der Waals surface area contributed by atoms with Gasteiger partial charge in [-0.2, -0.15) is 18.2 Å². The van der Waals surface area contributed by atoms with Crippen LogP contribution >= 0.6 is 0 Å². The minimum absolute atomic E-state index is 0.0116. The van der Waals surface area contributed by atoms with Gasteiger partial charge in [-0.1, -0.05) is 17.3 Å². The highest BCUT2D eigenvalue weighted by Gasteiger charge is 2.38. The smallest absolute Gasteiger partial charge is 0.334 e. The largest absolute Gasteiger partial charge is 0.471 e. The number of rotatable bonds is 3. The second-order valence-corrected chi connectivity index (χ2v) is 6.42. The summed E-state index contributed by atoms with van der Waals surface area (Å²) in [5.74, 6) is -1.72. The Bertz CT molecular complexity index is 771. The number of amides is 1. The Balaban J connectivity index is 1.78. The zero-order valence-electron chi connectivity index (χ0n) is 14.2. The molecule has 1 aromatic carbocycles. The molecule has 1 amide bonds. The summed E-state index contributed by atoms with van der Waals surface area (Å²) in [4.78, 5) is 17.9. The third-order valence-electron chi connectivity index (χ3n) is 4.48. The number of hydrogen-bond acceptors (Lipinski definition) is 5. The van der Waals surface area contributed by atoms with Gasteiger partial charge in [-0.25, -0.2) is 0 Å². The molecule has 1 saturated heterocycles. The first-order chi connectivity index (χ1) is 12.3. The summed E-state index contributed by atoms with van der Waals surface area (Å²) in [6, 6.07) is 5.97. The van der Waals surface area contributed by atoms with Crippen molar-refractivity contribution < 1.29 is 22.5 Å². The van der Waals surface area contributed by atoms with Gasteiger partial charge in [-0.05, 0) is 38.3 Å². The van der Waals surface area contributed by atoms with Gasteiger partial charge in [0.1, 0.15) is 0 Å². The van der Waals surface area contributed by atoms with Crippen LogP contribution in [0.3, 0.4) is 0 Å². The normalized spacial score (nSPS) is 19.4. The molecule has 1 aliphatic rings. The number of piperidine rings is 1. The molecule has 2 N–H and O–H groups in total. The van der Waals surface area contributed by atoms with Crippen molar-refractivity contribution in [2.75, 3.05) is 6.54 Å². The van der Waals surface area contributed by atoms with Crippen molar-refractivity contribution in [3.8, 4) is 11.4 Å². The average molecular weight is 368 g/mol. The number of aromatic nitrogens is 2. The predicted molar refractivity (Wildman–Crippen MR) is 87.1 cm³/mol. The highest BCUT2D eigenvalue weighted by molar-refractivity contribution is 5.95. The predicted octanol–water partition coefficient (Wildman–Crippen LogP) is 3.10. The fourth-order valence-electron chi connectivity index (χ4n) is 3.14. The molecule has 1 aromatic heterocycles. The molecule has 0 aliphatic carbocycles. The summed E-state index contributed by atoms with van der Waals surface area (Å²) in [5.41, 5.74) is 6.78. The Morgan fingerprint density at radius 1 is 1.31 bits per heavy atom. The van der Waals surface area contributed by atoms with Gasteiger partial charge in [0.2, 0.25) is 5.82 Å². The Labute approximate surface area is 148 Å². The highest BCUT2D eigenvalue weighted by atomic mass is 19.4. The molecule has 1 fully saturated rings. The van der Waals surface area contributed by atoms with Gasteiger partial charge in [0.25, 0.3) is 5.91 Å². The van der Waals surface area contributed by atoms with E-state index in [2.05, 4.69) is 14.7 Å². The van der Waals surface area contributed by atoms with E-state index in [-0.39, 0.29) is 23.8 Å². The van der Waals surface area contributed by atoms with E-state index < -0.39 is 12.1 Å². The summed E-state index contributed by atoms with van der Waals surface area (Å²) >= 11 is 0. The maximum atomic E-state index is 12.8. The molecule has 2 aromatic rings. The maximum absolute atomic E-state index is 12.8. The number of alkyl halides is 3. The number of carbonyl (C=O) groups is 1. The summed E-state index contributed by atoms with van der Waals surface area (Å²) in [6.45, 7) is 2.53. The minimum Gasteiger partial charge on any atom is -0.334 e. The van der Waals surface area contributed by atoms with E-state index in [0.717, 1.165) is 19.3 Å². The van der Waals surface area contributed by atoms with Gasteiger partial charge in [0.15, 0.2) is 0 Å². The van der Waals surface area contributed by atoms with Crippen LogP contribution in [0.1, 0.15) is 42.4 Å². The zero-order chi connectivity index (χ0) is 18.9. The molecule has 0 spiro atoms. The number of likely N-dealkylation sites (tertiary alicyclic amines) is 1. The highest BCUT2D eigenvalue weighted by Crippen LogP contribution is 2.29. The third kappa shape index (κ3) is 3.72. The van der Waals surface area contributed by atoms with E-state index in [1.165, 1.54) is 12.1 Å². The lowest BCUT2D eigenvalue weighted by atomic mass is 9.96. The molecule has 0 bridgehead atoms. The molecule has 6 nitrogen and oxygen atoms in total. The van der Waals surface area contributed by atoms with Crippen molar-refractivity contribution >= 4 is 5.91 Å². The minimum atomic E-state index is -4.69. The number of hydrogen-bond donors (Lipinski definition) is 1. The van der Waals surface area contributed by atoms with E-state index in [1.807, 2.05) is 6.92 Å². The number of benzene rings is 1. The monoisotopic (exact) mass is 368 g/mol. The fourth-order valence-corrected chi connectivity index (χ4v) is 3.14. The second-order valence-electron chi connectivity index (χ2n) is 6.42. The lowest BCUT2D eigenvalue weighted by Gasteiger charge is -2.38. The van der Waals surface area contributed by atoms with Gasteiger partial charge in [0, 0.05) is 29.8 Å². The Kier molecular flexibility index (Phi) is 4.99. The molecule has 1 aliphatic heterocycles. The van der Waals surface area contributed by atoms with Crippen LogP contribution in [-0.2, 0) is 6.18 Å². The second kappa shape index (κ2) is 7.06. The molecular weight excluding hydrogens is 349 g/mol. The Morgan fingerprint density at radius 2 is 2.00 bits per heavy atom. The third-order valence-corrected chi connectivity index (χ3v) is 4.48. The van der Waals surface area contributed by atoms with E-state index in [1.54, 1.807) is 17.0 Å². The van der Waals surface area contributed by atoms with Crippen LogP contribution < -0.4 is 5.73 Å². The number of nitrogens with two attached hydrogens (primary N) is 1. The summed E-state index contributed by atoms with van der Waals surface area (Å²) in [5, 5.41) is 3.33. The topological polar surface area (TPSA) is 85.2 Å². The molecule has 0 radical (unpaired) electrons. The quantitative estimate of drug-likeness (QED) is 0.900. The van der Waals surface area contributed by atoms with Gasteiger partial charge in [0.05, 0.1) is 0 Å². The molecule has 2 heterocycles. The molecule has 0 saturated carbocycles. The van der Waals surface area contributed by atoms with Gasteiger partial charge >= 0.3 is 12.1 Å². The van der Waals surface area contributed by atoms with Gasteiger partial charge in [-0.3, -0.25) is 4.79 Å². The standard InChI is InChI=1S/C17H19F3N4O2/c1-10(21)13-4-2-3-9-24(13)15(25)12-7-5-11(6-8-12)14-22-16(26-23-14)17(18,19)20/h5-8,10,13H,2-4,9,21H2,1H3/t10-,13+/m1/s1. The molecular formula is C17H19F3N4O2. The first kappa shape index (κ1) is 18.4. The lowest BCUT2D eigenvalue weighted by Crippen LogP contribution is -2.51. The summed E-state index contributed by atoms with van der Waals surface area (Å²) < 4.78 is 41.8. The average Bonchev–Trinajstić information content (AvgIpc) is 3.12.